The maximum Gasteiger partial charge on any atom is 0.251 e. The number of halogens is 1. The Labute approximate surface area is 125 Å². The summed E-state index contributed by atoms with van der Waals surface area (Å²) >= 11 is 3.52. The molecule has 1 aromatic rings. The molecule has 1 rings (SSSR count). The van der Waals surface area contributed by atoms with Gasteiger partial charge in [0.1, 0.15) is 0 Å². The van der Waals surface area contributed by atoms with Gasteiger partial charge in [-0.25, -0.2) is 0 Å². The summed E-state index contributed by atoms with van der Waals surface area (Å²) in [5.41, 5.74) is 4.25. The van der Waals surface area contributed by atoms with Gasteiger partial charge in [0.2, 0.25) is 0 Å². The van der Waals surface area contributed by atoms with Crippen LogP contribution in [0.3, 0.4) is 0 Å². The van der Waals surface area contributed by atoms with Crippen LogP contribution in [0.2, 0.25) is 0 Å². The van der Waals surface area contributed by atoms with E-state index < -0.39 is 0 Å². The van der Waals surface area contributed by atoms with Gasteiger partial charge in [-0.3, -0.25) is 4.79 Å². The van der Waals surface area contributed by atoms with Crippen LogP contribution in [0.4, 0.5) is 0 Å². The standard InChI is InChI=1S/C16H24BrNO/c1-5-6-7-8-9-18-16(19)14-10-15(17)13(4)11(2)12(14)3/h10H,5-9H2,1-4H3,(H,18,19). The zero-order chi connectivity index (χ0) is 14.4. The molecule has 0 atom stereocenters. The average molecular weight is 326 g/mol. The maximum absolute atomic E-state index is 12.2. The van der Waals surface area contributed by atoms with E-state index in [-0.39, 0.29) is 5.91 Å². The smallest absolute Gasteiger partial charge is 0.251 e. The Hall–Kier alpha value is -0.830. The molecular formula is C16H24BrNO. The second-order valence-corrected chi connectivity index (χ2v) is 5.95. The van der Waals surface area contributed by atoms with Crippen LogP contribution in [0.5, 0.6) is 0 Å². The minimum Gasteiger partial charge on any atom is -0.352 e. The van der Waals surface area contributed by atoms with E-state index >= 15 is 0 Å². The minimum absolute atomic E-state index is 0.0396. The van der Waals surface area contributed by atoms with Gasteiger partial charge in [-0.2, -0.15) is 0 Å². The van der Waals surface area contributed by atoms with E-state index in [0.29, 0.717) is 0 Å². The van der Waals surface area contributed by atoms with E-state index in [4.69, 9.17) is 0 Å². The van der Waals surface area contributed by atoms with E-state index in [9.17, 15) is 4.79 Å². The monoisotopic (exact) mass is 325 g/mol. The summed E-state index contributed by atoms with van der Waals surface area (Å²) in [6.07, 6.45) is 4.71. The van der Waals surface area contributed by atoms with Gasteiger partial charge in [0.25, 0.3) is 5.91 Å². The second kappa shape index (κ2) is 7.68. The molecule has 1 aromatic carbocycles. The Morgan fingerprint density at radius 3 is 2.42 bits per heavy atom. The molecule has 19 heavy (non-hydrogen) atoms. The third-order valence-corrected chi connectivity index (χ3v) is 4.54. The van der Waals surface area contributed by atoms with Crippen LogP contribution in [0, 0.1) is 20.8 Å². The highest BCUT2D eigenvalue weighted by atomic mass is 79.9. The molecular weight excluding hydrogens is 302 g/mol. The predicted octanol–water partition coefficient (Wildman–Crippen LogP) is 4.68. The molecule has 0 aliphatic rings. The van der Waals surface area contributed by atoms with E-state index in [0.717, 1.165) is 28.6 Å². The molecule has 1 N–H and O–H groups in total. The number of rotatable bonds is 6. The first kappa shape index (κ1) is 16.2. The quantitative estimate of drug-likeness (QED) is 0.755. The van der Waals surface area contributed by atoms with Crippen LogP contribution in [-0.2, 0) is 0 Å². The van der Waals surface area contributed by atoms with Gasteiger partial charge in [0, 0.05) is 16.6 Å². The highest BCUT2D eigenvalue weighted by Crippen LogP contribution is 2.25. The maximum atomic E-state index is 12.2. The number of carbonyl (C=O) groups is 1. The fourth-order valence-electron chi connectivity index (χ4n) is 2.09. The highest BCUT2D eigenvalue weighted by molar-refractivity contribution is 9.10. The minimum atomic E-state index is 0.0396. The third kappa shape index (κ3) is 4.34. The van der Waals surface area contributed by atoms with Crippen LogP contribution in [0.15, 0.2) is 10.5 Å². The number of hydrogen-bond donors (Lipinski definition) is 1. The number of nitrogens with one attached hydrogen (secondary N) is 1. The van der Waals surface area contributed by atoms with Crippen molar-refractivity contribution >= 4 is 21.8 Å². The van der Waals surface area contributed by atoms with E-state index in [1.165, 1.54) is 30.4 Å². The van der Waals surface area contributed by atoms with E-state index in [1.807, 2.05) is 13.0 Å². The fourth-order valence-corrected chi connectivity index (χ4v) is 2.62. The largest absolute Gasteiger partial charge is 0.352 e. The molecule has 0 spiro atoms. The number of unbranched alkanes of at least 4 members (excludes halogenated alkanes) is 3. The van der Waals surface area contributed by atoms with Crippen LogP contribution in [0.1, 0.15) is 59.7 Å². The van der Waals surface area contributed by atoms with Crippen molar-refractivity contribution in [2.75, 3.05) is 6.54 Å². The fraction of sp³-hybridized carbons (Fsp3) is 0.562. The zero-order valence-corrected chi connectivity index (χ0v) is 14.0. The van der Waals surface area contributed by atoms with Gasteiger partial charge in [-0.15, -0.1) is 0 Å². The summed E-state index contributed by atoms with van der Waals surface area (Å²) in [4.78, 5) is 12.2. The lowest BCUT2D eigenvalue weighted by Gasteiger charge is -2.13. The molecule has 1 amide bonds. The summed E-state index contributed by atoms with van der Waals surface area (Å²) in [5.74, 6) is 0.0396. The highest BCUT2D eigenvalue weighted by Gasteiger charge is 2.13. The number of amides is 1. The van der Waals surface area contributed by atoms with Crippen LogP contribution >= 0.6 is 15.9 Å². The molecule has 106 valence electrons. The van der Waals surface area contributed by atoms with Gasteiger partial charge in [-0.1, -0.05) is 42.1 Å². The van der Waals surface area contributed by atoms with Crippen LogP contribution < -0.4 is 5.32 Å². The number of hydrogen-bond acceptors (Lipinski definition) is 1. The first-order valence-corrected chi connectivity index (χ1v) is 7.82. The zero-order valence-electron chi connectivity index (χ0n) is 12.4. The van der Waals surface area contributed by atoms with Crippen LogP contribution in [-0.4, -0.2) is 12.5 Å². The first-order valence-electron chi connectivity index (χ1n) is 7.03. The molecule has 0 aliphatic heterocycles. The van der Waals surface area contributed by atoms with Crippen LogP contribution in [0.25, 0.3) is 0 Å². The van der Waals surface area contributed by atoms with Crippen molar-refractivity contribution in [1.82, 2.24) is 5.32 Å². The van der Waals surface area contributed by atoms with E-state index in [1.54, 1.807) is 0 Å². The van der Waals surface area contributed by atoms with Crippen molar-refractivity contribution < 1.29 is 4.79 Å². The lowest BCUT2D eigenvalue weighted by atomic mass is 9.98. The molecule has 0 fully saturated rings. The van der Waals surface area contributed by atoms with Crippen molar-refractivity contribution in [2.45, 2.75) is 53.4 Å². The number of benzene rings is 1. The molecule has 0 saturated heterocycles. The Morgan fingerprint density at radius 2 is 1.79 bits per heavy atom. The molecule has 0 unspecified atom stereocenters. The topological polar surface area (TPSA) is 29.1 Å². The first-order chi connectivity index (χ1) is 8.99. The van der Waals surface area contributed by atoms with Gasteiger partial charge < -0.3 is 5.32 Å². The Balaban J connectivity index is 2.67. The van der Waals surface area contributed by atoms with Gasteiger partial charge in [-0.05, 0) is 49.9 Å². The molecule has 0 bridgehead atoms. The summed E-state index contributed by atoms with van der Waals surface area (Å²) in [6, 6.07) is 1.93. The molecule has 2 nitrogen and oxygen atoms in total. The third-order valence-electron chi connectivity index (χ3n) is 3.72. The molecule has 0 aromatic heterocycles. The summed E-state index contributed by atoms with van der Waals surface area (Å²) in [6.45, 7) is 9.10. The Bertz CT molecular complexity index is 455. The SMILES string of the molecule is CCCCCCNC(=O)c1cc(Br)c(C)c(C)c1C. The summed E-state index contributed by atoms with van der Waals surface area (Å²) < 4.78 is 1.01. The van der Waals surface area contributed by atoms with E-state index in [2.05, 4.69) is 42.0 Å². The molecule has 0 radical (unpaired) electrons. The van der Waals surface area contributed by atoms with Gasteiger partial charge in [0.05, 0.1) is 0 Å². The summed E-state index contributed by atoms with van der Waals surface area (Å²) in [7, 11) is 0. The molecule has 0 aliphatic carbocycles. The molecule has 3 heteroatoms. The second-order valence-electron chi connectivity index (χ2n) is 5.10. The lowest BCUT2D eigenvalue weighted by Crippen LogP contribution is -2.25. The normalized spacial score (nSPS) is 10.6. The van der Waals surface area contributed by atoms with Crippen molar-refractivity contribution in [3.8, 4) is 0 Å². The Kier molecular flexibility index (Phi) is 6.56. The number of carbonyl (C=O) groups excluding carboxylic acids is 1. The van der Waals surface area contributed by atoms with Crippen molar-refractivity contribution in [1.29, 1.82) is 0 Å². The average Bonchev–Trinajstić information content (AvgIpc) is 2.40. The summed E-state index contributed by atoms with van der Waals surface area (Å²) in [5, 5.41) is 3.01. The van der Waals surface area contributed by atoms with Crippen molar-refractivity contribution in [3.63, 3.8) is 0 Å². The van der Waals surface area contributed by atoms with Gasteiger partial charge >= 0.3 is 0 Å². The lowest BCUT2D eigenvalue weighted by molar-refractivity contribution is 0.0952. The molecule has 0 saturated carbocycles. The van der Waals surface area contributed by atoms with Crippen molar-refractivity contribution in [2.24, 2.45) is 0 Å². The predicted molar refractivity (Wildman–Crippen MR) is 84.8 cm³/mol. The van der Waals surface area contributed by atoms with Gasteiger partial charge in [0.15, 0.2) is 0 Å². The molecule has 0 heterocycles. The van der Waals surface area contributed by atoms with Crippen molar-refractivity contribution in [3.05, 3.63) is 32.8 Å². The Morgan fingerprint density at radius 1 is 1.11 bits per heavy atom.